The van der Waals surface area contributed by atoms with Gasteiger partial charge in [0.15, 0.2) is 0 Å². The van der Waals surface area contributed by atoms with Crippen LogP contribution < -0.4 is 0 Å². The van der Waals surface area contributed by atoms with Gasteiger partial charge in [-0.2, -0.15) is 0 Å². The quantitative estimate of drug-likeness (QED) is 0.338. The van der Waals surface area contributed by atoms with Crippen molar-refractivity contribution in [3.05, 3.63) is 82.5 Å². The molecule has 1 fully saturated rings. The fourth-order valence-corrected chi connectivity index (χ4v) is 5.08. The molecule has 2 heterocycles. The maximum absolute atomic E-state index is 12.6. The molecule has 1 saturated carbocycles. The lowest BCUT2D eigenvalue weighted by Gasteiger charge is -2.21. The molecule has 0 N–H and O–H groups in total. The summed E-state index contributed by atoms with van der Waals surface area (Å²) in [4.78, 5) is 26.8. The van der Waals surface area contributed by atoms with E-state index < -0.39 is 0 Å². The smallest absolute Gasteiger partial charge is 0.338 e. The summed E-state index contributed by atoms with van der Waals surface area (Å²) in [5.41, 5.74) is 2.06. The number of esters is 1. The van der Waals surface area contributed by atoms with Crippen LogP contribution >= 0.6 is 11.8 Å². The number of hydrogen-bond donors (Lipinski definition) is 0. The van der Waals surface area contributed by atoms with Gasteiger partial charge in [0, 0.05) is 16.0 Å². The number of carbonyl (C=O) groups is 2. The zero-order chi connectivity index (χ0) is 21.2. The molecule has 0 atom stereocenters. The van der Waals surface area contributed by atoms with Gasteiger partial charge in [-0.3, -0.25) is 4.79 Å². The van der Waals surface area contributed by atoms with Gasteiger partial charge < -0.3 is 9.15 Å². The lowest BCUT2D eigenvalue weighted by atomic mass is 9.98. The van der Waals surface area contributed by atoms with E-state index in [1.807, 2.05) is 48.5 Å². The zero-order valence-electron chi connectivity index (χ0n) is 17.0. The third-order valence-electron chi connectivity index (χ3n) is 5.68. The molecule has 3 aromatic rings. The van der Waals surface area contributed by atoms with E-state index in [0.717, 1.165) is 41.7 Å². The van der Waals surface area contributed by atoms with E-state index in [4.69, 9.17) is 9.15 Å². The monoisotopic (exact) mass is 430 g/mol. The van der Waals surface area contributed by atoms with Crippen molar-refractivity contribution in [1.82, 2.24) is 0 Å². The van der Waals surface area contributed by atoms with Crippen LogP contribution in [0, 0.1) is 0 Å². The van der Waals surface area contributed by atoms with Crippen molar-refractivity contribution in [3.63, 3.8) is 0 Å². The second-order valence-corrected chi connectivity index (χ2v) is 8.97. The Hall–Kier alpha value is -3.05. The molecule has 0 amide bonds. The van der Waals surface area contributed by atoms with Gasteiger partial charge in [-0.25, -0.2) is 4.79 Å². The maximum Gasteiger partial charge on any atom is 0.338 e. The highest BCUT2D eigenvalue weighted by molar-refractivity contribution is 8.04. The number of fused-ring (bicyclic) bond motifs is 1. The topological polar surface area (TPSA) is 56.5 Å². The number of allylic oxidation sites excluding steroid dienone is 1. The molecule has 5 rings (SSSR count). The summed E-state index contributed by atoms with van der Waals surface area (Å²) < 4.78 is 11.7. The molecule has 0 radical (unpaired) electrons. The highest BCUT2D eigenvalue weighted by Gasteiger charge is 2.25. The lowest BCUT2D eigenvalue weighted by molar-refractivity contribution is 0.0211. The first-order chi connectivity index (χ1) is 15.2. The number of hydrogen-bond acceptors (Lipinski definition) is 5. The third-order valence-corrected chi connectivity index (χ3v) is 6.78. The normalized spacial score (nSPS) is 17.7. The minimum atomic E-state index is -0.284. The van der Waals surface area contributed by atoms with Gasteiger partial charge in [0.25, 0.3) is 0 Å². The van der Waals surface area contributed by atoms with Crippen molar-refractivity contribution in [2.75, 3.05) is 0 Å². The molecule has 0 bridgehead atoms. The van der Waals surface area contributed by atoms with Crippen LogP contribution in [0.1, 0.15) is 58.6 Å². The summed E-state index contributed by atoms with van der Waals surface area (Å²) in [5.74, 6) is 0.986. The number of rotatable bonds is 4. The van der Waals surface area contributed by atoms with Crippen molar-refractivity contribution < 1.29 is 18.7 Å². The van der Waals surface area contributed by atoms with E-state index in [2.05, 4.69) is 0 Å². The van der Waals surface area contributed by atoms with Gasteiger partial charge in [-0.1, -0.05) is 42.4 Å². The average molecular weight is 431 g/mol. The number of ketones is 1. The third kappa shape index (κ3) is 4.23. The minimum Gasteiger partial charge on any atom is -0.459 e. The number of furan rings is 1. The van der Waals surface area contributed by atoms with Gasteiger partial charge in [-0.05, 0) is 68.2 Å². The Kier molecular flexibility index (Phi) is 5.51. The summed E-state index contributed by atoms with van der Waals surface area (Å²) in [6, 6.07) is 18.6. The van der Waals surface area contributed by atoms with E-state index in [9.17, 15) is 9.59 Å². The summed E-state index contributed by atoms with van der Waals surface area (Å²) in [6.07, 6.45) is 7.15. The van der Waals surface area contributed by atoms with Gasteiger partial charge in [0.1, 0.15) is 17.6 Å². The Morgan fingerprint density at radius 1 is 1.00 bits per heavy atom. The SMILES string of the molecule is O=C(OC1CCCCC1)c1cccc(-c2ccc(/C=C3/Sc4ccccc4C3=O)o2)c1. The number of ether oxygens (including phenoxy) is 1. The Morgan fingerprint density at radius 2 is 1.84 bits per heavy atom. The zero-order valence-corrected chi connectivity index (χ0v) is 17.8. The molecule has 2 aromatic carbocycles. The van der Waals surface area contributed by atoms with Crippen LogP contribution in [0.5, 0.6) is 0 Å². The first-order valence-electron chi connectivity index (χ1n) is 10.6. The first kappa shape index (κ1) is 19.9. The van der Waals surface area contributed by atoms with Crippen molar-refractivity contribution in [3.8, 4) is 11.3 Å². The largest absolute Gasteiger partial charge is 0.459 e. The van der Waals surface area contributed by atoms with Crippen molar-refractivity contribution in [2.45, 2.75) is 43.1 Å². The molecular formula is C26H22O4S. The van der Waals surface area contributed by atoms with E-state index in [1.54, 1.807) is 18.2 Å². The molecule has 31 heavy (non-hydrogen) atoms. The van der Waals surface area contributed by atoms with Crippen LogP contribution in [-0.4, -0.2) is 17.9 Å². The van der Waals surface area contributed by atoms with Gasteiger partial charge >= 0.3 is 5.97 Å². The van der Waals surface area contributed by atoms with Crippen LogP contribution in [-0.2, 0) is 4.74 Å². The number of Topliss-reactive ketones (excluding diaryl/α,β-unsaturated/α-hetero) is 1. The molecule has 5 heteroatoms. The second kappa shape index (κ2) is 8.60. The average Bonchev–Trinajstić information content (AvgIpc) is 3.40. The molecule has 0 spiro atoms. The highest BCUT2D eigenvalue weighted by atomic mass is 32.2. The number of carbonyl (C=O) groups excluding carboxylic acids is 2. The molecule has 1 aliphatic carbocycles. The van der Waals surface area contributed by atoms with E-state index in [0.29, 0.717) is 22.0 Å². The van der Waals surface area contributed by atoms with E-state index >= 15 is 0 Å². The lowest BCUT2D eigenvalue weighted by Crippen LogP contribution is -2.20. The van der Waals surface area contributed by atoms with Gasteiger partial charge in [-0.15, -0.1) is 0 Å². The summed E-state index contributed by atoms with van der Waals surface area (Å²) >= 11 is 1.46. The Bertz CT molecular complexity index is 1170. The standard InChI is InChI=1S/C26H22O4S/c27-25-21-11-4-5-12-23(21)31-24(25)16-20-13-14-22(29-20)17-7-6-8-18(15-17)26(28)30-19-9-2-1-3-10-19/h4-8,11-16,19H,1-3,9-10H2/b24-16+. The Balaban J connectivity index is 1.33. The summed E-state index contributed by atoms with van der Waals surface area (Å²) in [7, 11) is 0. The molecule has 4 nitrogen and oxygen atoms in total. The van der Waals surface area contributed by atoms with Gasteiger partial charge in [0.05, 0.1) is 10.5 Å². The molecule has 1 aromatic heterocycles. The molecule has 156 valence electrons. The fourth-order valence-electron chi connectivity index (χ4n) is 4.05. The molecular weight excluding hydrogens is 408 g/mol. The fraction of sp³-hybridized carbons (Fsp3) is 0.231. The second-order valence-electron chi connectivity index (χ2n) is 7.88. The highest BCUT2D eigenvalue weighted by Crippen LogP contribution is 2.41. The summed E-state index contributed by atoms with van der Waals surface area (Å²) in [6.45, 7) is 0. The van der Waals surface area contributed by atoms with Crippen molar-refractivity contribution >= 4 is 29.6 Å². The van der Waals surface area contributed by atoms with Crippen LogP contribution in [0.4, 0.5) is 0 Å². The summed E-state index contributed by atoms with van der Waals surface area (Å²) in [5, 5.41) is 0. The first-order valence-corrected chi connectivity index (χ1v) is 11.4. The van der Waals surface area contributed by atoms with Crippen LogP contribution in [0.3, 0.4) is 0 Å². The molecule has 2 aliphatic rings. The Labute approximate surface area is 185 Å². The van der Waals surface area contributed by atoms with Crippen molar-refractivity contribution in [2.24, 2.45) is 0 Å². The minimum absolute atomic E-state index is 0.0194. The van der Waals surface area contributed by atoms with E-state index in [-0.39, 0.29) is 17.9 Å². The van der Waals surface area contributed by atoms with Crippen molar-refractivity contribution in [1.29, 1.82) is 0 Å². The maximum atomic E-state index is 12.6. The van der Waals surface area contributed by atoms with Crippen LogP contribution in [0.15, 0.2) is 74.9 Å². The molecule has 1 aliphatic heterocycles. The number of benzene rings is 2. The van der Waals surface area contributed by atoms with E-state index in [1.165, 1.54) is 18.2 Å². The molecule has 0 saturated heterocycles. The number of thioether (sulfide) groups is 1. The van der Waals surface area contributed by atoms with Crippen LogP contribution in [0.2, 0.25) is 0 Å². The van der Waals surface area contributed by atoms with Crippen LogP contribution in [0.25, 0.3) is 17.4 Å². The Morgan fingerprint density at radius 3 is 2.68 bits per heavy atom. The predicted molar refractivity (Wildman–Crippen MR) is 121 cm³/mol. The van der Waals surface area contributed by atoms with Gasteiger partial charge in [0.2, 0.25) is 5.78 Å². The molecule has 0 unspecified atom stereocenters. The predicted octanol–water partition coefficient (Wildman–Crippen LogP) is 6.77.